The van der Waals surface area contributed by atoms with Gasteiger partial charge in [0, 0.05) is 31.7 Å². The lowest BCUT2D eigenvalue weighted by Crippen LogP contribution is -2.49. The molecule has 0 radical (unpaired) electrons. The Hall–Kier alpha value is -3.29. The highest BCUT2D eigenvalue weighted by atomic mass is 32.2. The molecule has 2 heterocycles. The van der Waals surface area contributed by atoms with Crippen molar-refractivity contribution in [3.05, 3.63) is 65.2 Å². The van der Waals surface area contributed by atoms with E-state index >= 15 is 0 Å². The van der Waals surface area contributed by atoms with Gasteiger partial charge in [0.25, 0.3) is 5.91 Å². The second-order valence-electron chi connectivity index (χ2n) is 8.50. The molecular weight excluding hydrogens is 459 g/mol. The van der Waals surface area contributed by atoms with Crippen LogP contribution in [0.15, 0.2) is 53.4 Å². The van der Waals surface area contributed by atoms with Crippen molar-refractivity contribution in [3.8, 4) is 6.07 Å². The lowest BCUT2D eigenvalue weighted by molar-refractivity contribution is -0.125. The number of halogens is 1. The van der Waals surface area contributed by atoms with Gasteiger partial charge in [-0.2, -0.15) is 9.57 Å². The lowest BCUT2D eigenvalue weighted by atomic mass is 10.1. The number of benzene rings is 2. The largest absolute Gasteiger partial charge is 0.350 e. The Balaban J connectivity index is 1.43. The summed E-state index contributed by atoms with van der Waals surface area (Å²) in [7, 11) is -3.79. The van der Waals surface area contributed by atoms with Crippen molar-refractivity contribution in [1.29, 1.82) is 5.26 Å². The van der Waals surface area contributed by atoms with Crippen LogP contribution >= 0.6 is 0 Å². The molecule has 0 bridgehead atoms. The van der Waals surface area contributed by atoms with Gasteiger partial charge in [0.1, 0.15) is 12.7 Å². The number of rotatable bonds is 7. The van der Waals surface area contributed by atoms with Crippen molar-refractivity contribution in [1.82, 2.24) is 14.5 Å². The zero-order valence-electron chi connectivity index (χ0n) is 18.5. The maximum Gasteiger partial charge on any atom is 0.254 e. The van der Waals surface area contributed by atoms with Crippen molar-refractivity contribution < 1.29 is 22.4 Å². The summed E-state index contributed by atoms with van der Waals surface area (Å²) in [5, 5.41) is 11.7. The summed E-state index contributed by atoms with van der Waals surface area (Å²) in [6.07, 6.45) is 1.18. The van der Waals surface area contributed by atoms with Crippen molar-refractivity contribution in [2.24, 2.45) is 5.92 Å². The molecule has 0 aliphatic carbocycles. The first kappa shape index (κ1) is 23.9. The lowest BCUT2D eigenvalue weighted by Gasteiger charge is -2.34. The average Bonchev–Trinajstić information content (AvgIpc) is 3.32. The molecule has 178 valence electrons. The molecule has 1 N–H and O–H groups in total. The van der Waals surface area contributed by atoms with E-state index in [1.807, 2.05) is 6.07 Å². The number of hydrogen-bond acceptors (Lipinski definition) is 5. The first-order valence-electron chi connectivity index (χ1n) is 11.1. The van der Waals surface area contributed by atoms with E-state index in [0.29, 0.717) is 24.9 Å². The standard InChI is InChI=1S/C24H25FN4O4S/c25-12-17-6-8-18(9-7-17)14-27-23(30)22-5-2-10-29(22)24(31)20-3-1-4-21(11-20)34(32,33)28-15-19(13-26)16-28/h1,3-4,6-9,11,19,22H,2,5,10,12,14-16H2,(H,27,30)/t22-/m1/s1. The van der Waals surface area contributed by atoms with Crippen LogP contribution in [0, 0.1) is 17.2 Å². The van der Waals surface area contributed by atoms with Gasteiger partial charge in [0.05, 0.1) is 16.9 Å². The van der Waals surface area contributed by atoms with Crippen LogP contribution in [0.25, 0.3) is 0 Å². The van der Waals surface area contributed by atoms with Crippen LogP contribution in [0.5, 0.6) is 0 Å². The van der Waals surface area contributed by atoms with Crippen molar-refractivity contribution in [3.63, 3.8) is 0 Å². The van der Waals surface area contributed by atoms with Gasteiger partial charge in [-0.1, -0.05) is 30.3 Å². The number of nitrogens with zero attached hydrogens (tertiary/aromatic N) is 3. The number of sulfonamides is 1. The number of likely N-dealkylation sites (tertiary alicyclic amines) is 1. The first-order chi connectivity index (χ1) is 16.3. The number of carbonyl (C=O) groups is 2. The van der Waals surface area contributed by atoms with Gasteiger partial charge in [-0.05, 0) is 42.2 Å². The number of carbonyl (C=O) groups excluding carboxylic acids is 2. The third-order valence-corrected chi connectivity index (χ3v) is 8.04. The number of amides is 2. The van der Waals surface area contributed by atoms with Crippen LogP contribution in [0.3, 0.4) is 0 Å². The minimum absolute atomic E-state index is 0.00772. The van der Waals surface area contributed by atoms with Gasteiger partial charge in [-0.3, -0.25) is 9.59 Å². The summed E-state index contributed by atoms with van der Waals surface area (Å²) in [5.41, 5.74) is 1.58. The summed E-state index contributed by atoms with van der Waals surface area (Å²) in [5.74, 6) is -1.00. The molecule has 10 heteroatoms. The Morgan fingerprint density at radius 2 is 1.82 bits per heavy atom. The van der Waals surface area contributed by atoms with Crippen LogP contribution in [0.2, 0.25) is 0 Å². The quantitative estimate of drug-likeness (QED) is 0.648. The monoisotopic (exact) mass is 484 g/mol. The fourth-order valence-electron chi connectivity index (χ4n) is 4.16. The normalized spacial score (nSPS) is 18.8. The summed E-state index contributed by atoms with van der Waals surface area (Å²) < 4.78 is 39.5. The molecular formula is C24H25FN4O4S. The molecule has 2 saturated heterocycles. The number of alkyl halides is 1. The summed E-state index contributed by atoms with van der Waals surface area (Å²) in [4.78, 5) is 27.5. The molecule has 0 aromatic heterocycles. The first-order valence-corrected chi connectivity index (χ1v) is 12.5. The van der Waals surface area contributed by atoms with E-state index in [-0.39, 0.29) is 41.9 Å². The van der Waals surface area contributed by atoms with E-state index in [1.54, 1.807) is 24.3 Å². The molecule has 2 aliphatic heterocycles. The Labute approximate surface area is 198 Å². The van der Waals surface area contributed by atoms with Crippen LogP contribution in [0.1, 0.15) is 34.3 Å². The second kappa shape index (κ2) is 9.91. The van der Waals surface area contributed by atoms with Gasteiger partial charge in [0.15, 0.2) is 0 Å². The van der Waals surface area contributed by atoms with E-state index in [1.165, 1.54) is 33.5 Å². The molecule has 2 aromatic carbocycles. The summed E-state index contributed by atoms with van der Waals surface area (Å²) in [6, 6.07) is 14.0. The predicted octanol–water partition coefficient (Wildman–Crippen LogP) is 2.22. The van der Waals surface area contributed by atoms with E-state index < -0.39 is 28.6 Å². The Kier molecular flexibility index (Phi) is 6.95. The topological polar surface area (TPSA) is 111 Å². The third kappa shape index (κ3) is 4.81. The molecule has 2 aromatic rings. The van der Waals surface area contributed by atoms with E-state index in [9.17, 15) is 22.4 Å². The van der Waals surface area contributed by atoms with Gasteiger partial charge in [0.2, 0.25) is 15.9 Å². The van der Waals surface area contributed by atoms with E-state index in [4.69, 9.17) is 5.26 Å². The molecule has 1 atom stereocenters. The van der Waals surface area contributed by atoms with Crippen LogP contribution in [-0.4, -0.2) is 55.1 Å². The maximum absolute atomic E-state index is 13.2. The Bertz CT molecular complexity index is 1220. The van der Waals surface area contributed by atoms with Gasteiger partial charge in [-0.15, -0.1) is 0 Å². The fourth-order valence-corrected chi connectivity index (χ4v) is 5.73. The summed E-state index contributed by atoms with van der Waals surface area (Å²) >= 11 is 0. The van der Waals surface area contributed by atoms with Crippen molar-refractivity contribution in [2.75, 3.05) is 19.6 Å². The van der Waals surface area contributed by atoms with Crippen LogP contribution in [0.4, 0.5) is 4.39 Å². The highest BCUT2D eigenvalue weighted by Gasteiger charge is 2.38. The van der Waals surface area contributed by atoms with E-state index in [0.717, 1.165) is 5.56 Å². The zero-order chi connectivity index (χ0) is 24.3. The van der Waals surface area contributed by atoms with Crippen LogP contribution < -0.4 is 5.32 Å². The maximum atomic E-state index is 13.2. The van der Waals surface area contributed by atoms with Crippen molar-refractivity contribution >= 4 is 21.8 Å². The average molecular weight is 485 g/mol. The number of hydrogen-bond donors (Lipinski definition) is 1. The molecule has 0 saturated carbocycles. The summed E-state index contributed by atoms with van der Waals surface area (Å²) in [6.45, 7) is 0.392. The molecule has 8 nitrogen and oxygen atoms in total. The molecule has 2 fully saturated rings. The highest BCUT2D eigenvalue weighted by Crippen LogP contribution is 2.26. The number of nitriles is 1. The smallest absolute Gasteiger partial charge is 0.254 e. The highest BCUT2D eigenvalue weighted by molar-refractivity contribution is 7.89. The minimum atomic E-state index is -3.79. The van der Waals surface area contributed by atoms with Gasteiger partial charge in [-0.25, -0.2) is 12.8 Å². The fraction of sp³-hybridized carbons (Fsp3) is 0.375. The molecule has 4 rings (SSSR count). The third-order valence-electron chi connectivity index (χ3n) is 6.21. The van der Waals surface area contributed by atoms with Crippen LogP contribution in [-0.2, 0) is 28.0 Å². The SMILES string of the molecule is N#CC1CN(S(=O)(=O)c2cccc(C(=O)N3CCC[C@@H]3C(=O)NCc3ccc(CF)cc3)c2)C1. The molecule has 2 amide bonds. The molecule has 2 aliphatic rings. The molecule has 0 spiro atoms. The Morgan fingerprint density at radius 3 is 2.50 bits per heavy atom. The van der Waals surface area contributed by atoms with Gasteiger partial charge >= 0.3 is 0 Å². The predicted molar refractivity (Wildman–Crippen MR) is 121 cm³/mol. The molecule has 34 heavy (non-hydrogen) atoms. The minimum Gasteiger partial charge on any atom is -0.350 e. The Morgan fingerprint density at radius 1 is 1.12 bits per heavy atom. The molecule has 0 unspecified atom stereocenters. The van der Waals surface area contributed by atoms with E-state index in [2.05, 4.69) is 5.32 Å². The van der Waals surface area contributed by atoms with Crippen molar-refractivity contribution in [2.45, 2.75) is 37.0 Å². The van der Waals surface area contributed by atoms with Gasteiger partial charge < -0.3 is 10.2 Å². The zero-order valence-corrected chi connectivity index (χ0v) is 19.3. The second-order valence-corrected chi connectivity index (χ2v) is 10.4. The number of nitrogens with one attached hydrogen (secondary N) is 1.